The quantitative estimate of drug-likeness (QED) is 0.876. The molecule has 0 bridgehead atoms. The van der Waals surface area contributed by atoms with E-state index >= 15 is 0 Å². The molecule has 124 valence electrons. The van der Waals surface area contributed by atoms with E-state index in [1.807, 2.05) is 10.7 Å². The van der Waals surface area contributed by atoms with Crippen LogP contribution in [0.2, 0.25) is 0 Å². The molecule has 1 aliphatic heterocycles. The van der Waals surface area contributed by atoms with Crippen molar-refractivity contribution in [1.29, 1.82) is 0 Å². The number of aromatic nitrogens is 5. The summed E-state index contributed by atoms with van der Waals surface area (Å²) >= 11 is 0. The van der Waals surface area contributed by atoms with Crippen LogP contribution >= 0.6 is 0 Å². The van der Waals surface area contributed by atoms with Crippen LogP contribution in [0.4, 0.5) is 5.95 Å². The zero-order valence-corrected chi connectivity index (χ0v) is 13.9. The molecule has 0 radical (unpaired) electrons. The molecule has 0 unspecified atom stereocenters. The van der Waals surface area contributed by atoms with Gasteiger partial charge in [0.1, 0.15) is 12.2 Å². The second kappa shape index (κ2) is 7.50. The number of hydrogen-bond acceptors (Lipinski definition) is 6. The molecule has 3 rings (SSSR count). The Hall–Kier alpha value is -2.02. The lowest BCUT2D eigenvalue weighted by atomic mass is 10.0. The second-order valence-corrected chi connectivity index (χ2v) is 5.87. The number of rotatable bonds is 6. The fraction of sp³-hybridized carbons (Fsp3) is 0.625. The largest absolute Gasteiger partial charge is 0.341 e. The molecular formula is C16H25N7. The molecule has 1 aliphatic rings. The Morgan fingerprint density at radius 3 is 2.57 bits per heavy atom. The first-order chi connectivity index (χ1) is 11.3. The summed E-state index contributed by atoms with van der Waals surface area (Å²) in [4.78, 5) is 15.4. The number of hydrogen-bond donors (Lipinski definition) is 1. The van der Waals surface area contributed by atoms with Crippen molar-refractivity contribution in [2.24, 2.45) is 0 Å². The normalized spacial score (nSPS) is 17.4. The topological polar surface area (TPSA) is 71.8 Å². The summed E-state index contributed by atoms with van der Waals surface area (Å²) in [5.41, 5.74) is 0. The van der Waals surface area contributed by atoms with Gasteiger partial charge in [-0.15, -0.1) is 0 Å². The van der Waals surface area contributed by atoms with Crippen LogP contribution in [0.1, 0.15) is 45.0 Å². The van der Waals surface area contributed by atoms with Gasteiger partial charge in [-0.1, -0.05) is 6.92 Å². The summed E-state index contributed by atoms with van der Waals surface area (Å²) in [5, 5.41) is 8.05. The van der Waals surface area contributed by atoms with Gasteiger partial charge < -0.3 is 10.2 Å². The predicted octanol–water partition coefficient (Wildman–Crippen LogP) is 1.80. The van der Waals surface area contributed by atoms with Gasteiger partial charge in [-0.25, -0.2) is 19.6 Å². The molecule has 1 saturated heterocycles. The van der Waals surface area contributed by atoms with Crippen molar-refractivity contribution in [1.82, 2.24) is 30.0 Å². The molecule has 0 aromatic carbocycles. The smallest absolute Gasteiger partial charge is 0.225 e. The van der Waals surface area contributed by atoms with E-state index in [0.717, 1.165) is 50.7 Å². The molecule has 2 aromatic rings. The van der Waals surface area contributed by atoms with E-state index in [2.05, 4.69) is 44.1 Å². The highest BCUT2D eigenvalue weighted by Gasteiger charge is 2.24. The fourth-order valence-corrected chi connectivity index (χ4v) is 3.15. The third-order valence-corrected chi connectivity index (χ3v) is 4.43. The lowest BCUT2D eigenvalue weighted by Gasteiger charge is -2.34. The van der Waals surface area contributed by atoms with Crippen LogP contribution in [0, 0.1) is 0 Å². The van der Waals surface area contributed by atoms with Gasteiger partial charge in [0.15, 0.2) is 0 Å². The SMILES string of the molecule is CC[C@@H](NC1CCN(c2ncccn2)CC1)c1ncnn1CC. The Kier molecular flexibility index (Phi) is 5.17. The Bertz CT molecular complexity index is 589. The van der Waals surface area contributed by atoms with Gasteiger partial charge in [0, 0.05) is 38.1 Å². The number of aryl methyl sites for hydroxylation is 1. The average molecular weight is 315 g/mol. The molecule has 7 nitrogen and oxygen atoms in total. The molecular weight excluding hydrogens is 290 g/mol. The molecule has 0 amide bonds. The van der Waals surface area contributed by atoms with Crippen molar-refractivity contribution >= 4 is 5.95 Å². The van der Waals surface area contributed by atoms with Gasteiger partial charge in [0.25, 0.3) is 0 Å². The molecule has 1 fully saturated rings. The van der Waals surface area contributed by atoms with Crippen LogP contribution in [0.15, 0.2) is 24.8 Å². The standard InChI is InChI=1S/C16H25N7/c1-3-14(15-19-12-20-23(15)4-2)21-13-6-10-22(11-7-13)16-17-8-5-9-18-16/h5,8-9,12-14,21H,3-4,6-7,10-11H2,1-2H3/t14-/m1/s1. The molecule has 2 aromatic heterocycles. The Morgan fingerprint density at radius 1 is 1.17 bits per heavy atom. The van der Waals surface area contributed by atoms with Gasteiger partial charge in [-0.3, -0.25) is 0 Å². The van der Waals surface area contributed by atoms with Crippen LogP contribution in [-0.4, -0.2) is 43.9 Å². The van der Waals surface area contributed by atoms with Gasteiger partial charge in [0.2, 0.25) is 5.95 Å². The van der Waals surface area contributed by atoms with Crippen LogP contribution in [0.25, 0.3) is 0 Å². The number of anilines is 1. The lowest BCUT2D eigenvalue weighted by Crippen LogP contribution is -2.44. The van der Waals surface area contributed by atoms with E-state index in [9.17, 15) is 0 Å². The molecule has 0 saturated carbocycles. The summed E-state index contributed by atoms with van der Waals surface area (Å²) in [6, 6.07) is 2.62. The van der Waals surface area contributed by atoms with Gasteiger partial charge in [-0.2, -0.15) is 5.10 Å². The summed E-state index contributed by atoms with van der Waals surface area (Å²) < 4.78 is 1.98. The minimum absolute atomic E-state index is 0.266. The monoisotopic (exact) mass is 315 g/mol. The van der Waals surface area contributed by atoms with E-state index in [1.54, 1.807) is 18.7 Å². The molecule has 7 heteroatoms. The maximum atomic E-state index is 4.45. The minimum atomic E-state index is 0.266. The molecule has 23 heavy (non-hydrogen) atoms. The number of piperidine rings is 1. The average Bonchev–Trinajstić information content (AvgIpc) is 3.09. The predicted molar refractivity (Wildman–Crippen MR) is 89.1 cm³/mol. The van der Waals surface area contributed by atoms with Crippen molar-refractivity contribution in [2.75, 3.05) is 18.0 Å². The highest BCUT2D eigenvalue weighted by atomic mass is 15.3. The molecule has 1 atom stereocenters. The van der Waals surface area contributed by atoms with Crippen LogP contribution in [0.3, 0.4) is 0 Å². The third kappa shape index (κ3) is 3.67. The first-order valence-corrected chi connectivity index (χ1v) is 8.47. The summed E-state index contributed by atoms with van der Waals surface area (Å²) in [5.74, 6) is 1.88. The number of nitrogens with one attached hydrogen (secondary N) is 1. The summed E-state index contributed by atoms with van der Waals surface area (Å²) in [7, 11) is 0. The third-order valence-electron chi connectivity index (χ3n) is 4.43. The Morgan fingerprint density at radius 2 is 1.91 bits per heavy atom. The van der Waals surface area contributed by atoms with Crippen LogP contribution < -0.4 is 10.2 Å². The molecule has 0 spiro atoms. The van der Waals surface area contributed by atoms with Crippen molar-refractivity contribution in [3.05, 3.63) is 30.6 Å². The van der Waals surface area contributed by atoms with Gasteiger partial charge in [-0.05, 0) is 32.3 Å². The first kappa shape index (κ1) is 15.9. The fourth-order valence-electron chi connectivity index (χ4n) is 3.15. The molecule has 3 heterocycles. The van der Waals surface area contributed by atoms with Crippen molar-refractivity contribution < 1.29 is 0 Å². The van der Waals surface area contributed by atoms with Crippen LogP contribution in [0.5, 0.6) is 0 Å². The van der Waals surface area contributed by atoms with E-state index in [-0.39, 0.29) is 6.04 Å². The maximum absolute atomic E-state index is 4.45. The molecule has 0 aliphatic carbocycles. The zero-order valence-electron chi connectivity index (χ0n) is 13.9. The van der Waals surface area contributed by atoms with E-state index in [4.69, 9.17) is 0 Å². The first-order valence-electron chi connectivity index (χ1n) is 8.47. The van der Waals surface area contributed by atoms with E-state index < -0.39 is 0 Å². The van der Waals surface area contributed by atoms with Gasteiger partial charge >= 0.3 is 0 Å². The van der Waals surface area contributed by atoms with E-state index in [1.165, 1.54) is 0 Å². The minimum Gasteiger partial charge on any atom is -0.341 e. The van der Waals surface area contributed by atoms with Crippen molar-refractivity contribution in [3.63, 3.8) is 0 Å². The molecule has 1 N–H and O–H groups in total. The summed E-state index contributed by atoms with van der Waals surface area (Å²) in [6.45, 7) is 7.12. The maximum Gasteiger partial charge on any atom is 0.225 e. The highest BCUT2D eigenvalue weighted by molar-refractivity contribution is 5.29. The van der Waals surface area contributed by atoms with Crippen molar-refractivity contribution in [3.8, 4) is 0 Å². The van der Waals surface area contributed by atoms with E-state index in [0.29, 0.717) is 6.04 Å². The van der Waals surface area contributed by atoms with Crippen molar-refractivity contribution in [2.45, 2.75) is 51.7 Å². The summed E-state index contributed by atoms with van der Waals surface area (Å²) in [6.07, 6.45) is 8.46. The lowest BCUT2D eigenvalue weighted by molar-refractivity contribution is 0.346. The highest BCUT2D eigenvalue weighted by Crippen LogP contribution is 2.20. The van der Waals surface area contributed by atoms with Crippen LogP contribution in [-0.2, 0) is 6.54 Å². The number of nitrogens with zero attached hydrogens (tertiary/aromatic N) is 6. The van der Waals surface area contributed by atoms with Gasteiger partial charge in [0.05, 0.1) is 6.04 Å². The second-order valence-electron chi connectivity index (χ2n) is 5.87. The zero-order chi connectivity index (χ0) is 16.1. The Balaban J connectivity index is 1.57. The Labute approximate surface area is 137 Å².